The summed E-state index contributed by atoms with van der Waals surface area (Å²) in [6.07, 6.45) is 1.71. The zero-order chi connectivity index (χ0) is 42.5. The maximum absolute atomic E-state index is 14.5. The normalized spacial score (nSPS) is 12.1. The van der Waals surface area contributed by atoms with Crippen molar-refractivity contribution in [2.75, 3.05) is 0 Å². The van der Waals surface area contributed by atoms with Crippen LogP contribution in [0.5, 0.6) is 0 Å². The number of aryl methyl sites for hydroxylation is 4. The van der Waals surface area contributed by atoms with E-state index in [9.17, 15) is 17.6 Å². The first kappa shape index (κ1) is 41.7. The molecule has 302 valence electrons. The number of aromatic nitrogens is 1. The fraction of sp³-hybridized carbons (Fsp3) is 0.189. The highest BCUT2D eigenvalue weighted by atomic mass is 19.1. The molecule has 7 aromatic rings. The molecular formula is C53H47F4N3. The Bertz CT molecular complexity index is 2450. The standard InChI is InChI=1S/C53H47F4N3/c1-7-36-28-32(3)29-37(8-2)52(36)58-34(5)48-10-9-11-49(60-48)35(6)59-53-46(50(38-12-20-42(54)21-13-38)39-14-22-43(55)23-15-39)30-33(4)31-47(53)51(40-16-24-44(56)25-17-40)41-18-26-45(57)27-19-41/h9-31,50-51H,7-8H2,1-6H3. The van der Waals surface area contributed by atoms with Crippen molar-refractivity contribution in [1.82, 2.24) is 4.98 Å². The van der Waals surface area contributed by atoms with Crippen LogP contribution in [0.2, 0.25) is 0 Å². The van der Waals surface area contributed by atoms with Crippen molar-refractivity contribution < 1.29 is 17.6 Å². The lowest BCUT2D eigenvalue weighted by Crippen LogP contribution is -2.11. The van der Waals surface area contributed by atoms with Crippen LogP contribution in [-0.2, 0) is 12.8 Å². The van der Waals surface area contributed by atoms with Crippen molar-refractivity contribution in [2.45, 2.75) is 66.2 Å². The molecule has 7 heteroatoms. The molecule has 0 aliphatic carbocycles. The molecule has 0 N–H and O–H groups in total. The molecule has 1 aromatic heterocycles. The molecule has 3 nitrogen and oxygen atoms in total. The minimum Gasteiger partial charge on any atom is -0.251 e. The number of halogens is 4. The van der Waals surface area contributed by atoms with E-state index in [1.54, 1.807) is 48.5 Å². The third kappa shape index (κ3) is 9.21. The molecule has 0 unspecified atom stereocenters. The van der Waals surface area contributed by atoms with Crippen molar-refractivity contribution in [3.05, 3.63) is 230 Å². The molecule has 60 heavy (non-hydrogen) atoms. The Kier molecular flexibility index (Phi) is 12.6. The number of hydrogen-bond donors (Lipinski definition) is 0. The van der Waals surface area contributed by atoms with Gasteiger partial charge >= 0.3 is 0 Å². The highest BCUT2D eigenvalue weighted by Gasteiger charge is 2.28. The molecule has 0 amide bonds. The van der Waals surface area contributed by atoms with Crippen LogP contribution < -0.4 is 0 Å². The molecule has 0 bridgehead atoms. The number of rotatable bonds is 12. The van der Waals surface area contributed by atoms with E-state index in [0.29, 0.717) is 22.8 Å². The Morgan fingerprint density at radius 3 is 1.12 bits per heavy atom. The van der Waals surface area contributed by atoms with Gasteiger partial charge in [-0.1, -0.05) is 104 Å². The molecule has 0 fully saturated rings. The van der Waals surface area contributed by atoms with Crippen molar-refractivity contribution in [3.8, 4) is 0 Å². The highest BCUT2D eigenvalue weighted by Crippen LogP contribution is 2.46. The van der Waals surface area contributed by atoms with Gasteiger partial charge in [0.25, 0.3) is 0 Å². The second-order valence-electron chi connectivity index (χ2n) is 15.3. The average Bonchev–Trinajstić information content (AvgIpc) is 3.25. The average molecular weight is 802 g/mol. The minimum atomic E-state index is -0.512. The van der Waals surface area contributed by atoms with Gasteiger partial charge in [0.15, 0.2) is 0 Å². The quantitative estimate of drug-likeness (QED) is 0.0689. The molecule has 1 heterocycles. The van der Waals surface area contributed by atoms with E-state index in [1.807, 2.05) is 39.0 Å². The summed E-state index contributed by atoms with van der Waals surface area (Å²) < 4.78 is 57.9. The zero-order valence-corrected chi connectivity index (χ0v) is 34.7. The molecule has 0 atom stereocenters. The van der Waals surface area contributed by atoms with Crippen LogP contribution in [0.15, 0.2) is 150 Å². The summed E-state index contributed by atoms with van der Waals surface area (Å²) in [5, 5.41) is 0. The van der Waals surface area contributed by atoms with Gasteiger partial charge in [-0.15, -0.1) is 0 Å². The summed E-state index contributed by atoms with van der Waals surface area (Å²) in [5.74, 6) is -2.55. The first-order valence-corrected chi connectivity index (χ1v) is 20.3. The van der Waals surface area contributed by atoms with E-state index in [-0.39, 0.29) is 23.3 Å². The van der Waals surface area contributed by atoms with Crippen molar-refractivity contribution in [1.29, 1.82) is 0 Å². The summed E-state index contributed by atoms with van der Waals surface area (Å²) in [6.45, 7) is 12.3. The maximum atomic E-state index is 14.5. The topological polar surface area (TPSA) is 37.6 Å². The van der Waals surface area contributed by atoms with Gasteiger partial charge < -0.3 is 0 Å². The molecule has 0 aliphatic heterocycles. The highest BCUT2D eigenvalue weighted by molar-refractivity contribution is 6.02. The summed E-state index contributed by atoms with van der Waals surface area (Å²) in [6, 6.07) is 39.5. The van der Waals surface area contributed by atoms with Crippen molar-refractivity contribution >= 4 is 22.8 Å². The smallest absolute Gasteiger partial charge is 0.123 e. The monoisotopic (exact) mass is 801 g/mol. The first-order chi connectivity index (χ1) is 28.9. The Morgan fingerprint density at radius 1 is 0.467 bits per heavy atom. The molecule has 6 aromatic carbocycles. The lowest BCUT2D eigenvalue weighted by molar-refractivity contribution is 0.625. The van der Waals surface area contributed by atoms with Gasteiger partial charge in [-0.05, 0) is 146 Å². The number of benzene rings is 6. The number of hydrogen-bond acceptors (Lipinski definition) is 3. The number of pyridine rings is 1. The molecule has 0 saturated carbocycles. The van der Waals surface area contributed by atoms with Gasteiger partial charge in [0.05, 0.1) is 34.2 Å². The van der Waals surface area contributed by atoms with Crippen LogP contribution in [-0.4, -0.2) is 16.4 Å². The van der Waals surface area contributed by atoms with Gasteiger partial charge in [0.1, 0.15) is 23.3 Å². The molecule has 0 spiro atoms. The lowest BCUT2D eigenvalue weighted by Gasteiger charge is -2.27. The van der Waals surface area contributed by atoms with Crippen LogP contribution in [0, 0.1) is 37.1 Å². The van der Waals surface area contributed by atoms with Crippen LogP contribution in [0.25, 0.3) is 0 Å². The Labute approximate surface area is 350 Å². The molecule has 0 aliphatic rings. The number of nitrogens with zero attached hydrogens (tertiary/aromatic N) is 3. The lowest BCUT2D eigenvalue weighted by atomic mass is 9.78. The van der Waals surface area contributed by atoms with Crippen LogP contribution in [0.3, 0.4) is 0 Å². The Balaban J connectivity index is 1.48. The van der Waals surface area contributed by atoms with E-state index in [0.717, 1.165) is 63.2 Å². The maximum Gasteiger partial charge on any atom is 0.123 e. The van der Waals surface area contributed by atoms with E-state index in [1.165, 1.54) is 65.2 Å². The fourth-order valence-corrected chi connectivity index (χ4v) is 8.03. The van der Waals surface area contributed by atoms with E-state index in [2.05, 4.69) is 45.0 Å². The van der Waals surface area contributed by atoms with E-state index < -0.39 is 11.8 Å². The van der Waals surface area contributed by atoms with Gasteiger partial charge in [-0.2, -0.15) is 0 Å². The fourth-order valence-electron chi connectivity index (χ4n) is 8.03. The minimum absolute atomic E-state index is 0.382. The largest absolute Gasteiger partial charge is 0.251 e. The van der Waals surface area contributed by atoms with Crippen molar-refractivity contribution in [3.63, 3.8) is 0 Å². The van der Waals surface area contributed by atoms with Crippen LogP contribution >= 0.6 is 0 Å². The first-order valence-electron chi connectivity index (χ1n) is 20.3. The van der Waals surface area contributed by atoms with Crippen LogP contribution in [0.4, 0.5) is 28.9 Å². The molecule has 0 radical (unpaired) electrons. The Hall–Kier alpha value is -6.47. The summed E-state index contributed by atoms with van der Waals surface area (Å²) in [4.78, 5) is 15.7. The second-order valence-corrected chi connectivity index (χ2v) is 15.3. The predicted molar refractivity (Wildman–Crippen MR) is 237 cm³/mol. The van der Waals surface area contributed by atoms with E-state index >= 15 is 0 Å². The predicted octanol–water partition coefficient (Wildman–Crippen LogP) is 14.0. The summed E-state index contributed by atoms with van der Waals surface area (Å²) >= 11 is 0. The number of aliphatic imine (C=N–C) groups is 2. The third-order valence-electron chi connectivity index (χ3n) is 11.0. The van der Waals surface area contributed by atoms with Gasteiger partial charge in [0.2, 0.25) is 0 Å². The van der Waals surface area contributed by atoms with Gasteiger partial charge in [-0.3, -0.25) is 9.98 Å². The zero-order valence-electron chi connectivity index (χ0n) is 34.7. The molecular weight excluding hydrogens is 755 g/mol. The second kappa shape index (κ2) is 18.2. The van der Waals surface area contributed by atoms with Crippen LogP contribution in [0.1, 0.15) is 107 Å². The third-order valence-corrected chi connectivity index (χ3v) is 11.0. The SMILES string of the molecule is CCc1cc(C)cc(CC)c1N=C(C)c1cccc(C(C)=Nc2c(C(c3ccc(F)cc3)c3ccc(F)cc3)cc(C)cc2C(c2ccc(F)cc2)c2ccc(F)cc2)n1. The van der Waals surface area contributed by atoms with Crippen molar-refractivity contribution in [2.24, 2.45) is 9.98 Å². The Morgan fingerprint density at radius 2 is 0.783 bits per heavy atom. The van der Waals surface area contributed by atoms with Gasteiger partial charge in [-0.25, -0.2) is 22.5 Å². The summed E-state index contributed by atoms with van der Waals surface area (Å²) in [5.41, 5.74) is 13.5. The molecule has 7 rings (SSSR count). The molecule has 0 saturated heterocycles. The van der Waals surface area contributed by atoms with E-state index in [4.69, 9.17) is 15.0 Å². The van der Waals surface area contributed by atoms with Gasteiger partial charge in [0, 0.05) is 11.8 Å². The summed E-state index contributed by atoms with van der Waals surface area (Å²) in [7, 11) is 0.